The fraction of sp³-hybridized carbons (Fsp3) is 0.500. The van der Waals surface area contributed by atoms with Crippen LogP contribution in [0.25, 0.3) is 0 Å². The van der Waals surface area contributed by atoms with Crippen molar-refractivity contribution in [2.24, 2.45) is 0 Å². The molecule has 1 fully saturated rings. The smallest absolute Gasteiger partial charge is 0.410 e. The van der Waals surface area contributed by atoms with Crippen molar-refractivity contribution in [1.29, 1.82) is 0 Å². The Labute approximate surface area is 174 Å². The molecule has 1 aromatic carbocycles. The zero-order chi connectivity index (χ0) is 21.3. The van der Waals surface area contributed by atoms with Crippen molar-refractivity contribution >= 4 is 35.4 Å². The molecule has 1 aliphatic carbocycles. The van der Waals surface area contributed by atoms with Crippen molar-refractivity contribution in [3.63, 3.8) is 0 Å². The number of ketones is 1. The van der Waals surface area contributed by atoms with Crippen LogP contribution in [-0.4, -0.2) is 43.6 Å². The standard InChI is InChI=1S/C20H25ClN2O6/c1-2-17(25)22-11-18(26)28-13-29-19(27)23-12-20(10-6-5-9-16(20)24)14-7-3-4-8-15(14)21/h3-4,7-8H,2,5-6,9-13H2,1H3,(H,22,25)(H,23,27)/t20-/m1/s1. The Kier molecular flexibility index (Phi) is 8.45. The lowest BCUT2D eigenvalue weighted by atomic mass is 9.68. The van der Waals surface area contributed by atoms with Gasteiger partial charge in [0.2, 0.25) is 12.7 Å². The Balaban J connectivity index is 1.89. The number of ether oxygens (including phenoxy) is 2. The molecule has 29 heavy (non-hydrogen) atoms. The number of Topliss-reactive ketones (excluding diaryl/α,β-unsaturated/α-hetero) is 1. The first-order valence-electron chi connectivity index (χ1n) is 9.50. The van der Waals surface area contributed by atoms with Crippen LogP contribution in [0.2, 0.25) is 5.02 Å². The Morgan fingerprint density at radius 1 is 1.14 bits per heavy atom. The molecule has 2 amide bonds. The molecule has 9 heteroatoms. The van der Waals surface area contributed by atoms with Crippen LogP contribution in [0.1, 0.15) is 44.6 Å². The third kappa shape index (κ3) is 6.19. The molecule has 8 nitrogen and oxygen atoms in total. The van der Waals surface area contributed by atoms with Crippen LogP contribution in [0, 0.1) is 0 Å². The predicted molar refractivity (Wildman–Crippen MR) is 105 cm³/mol. The van der Waals surface area contributed by atoms with E-state index in [2.05, 4.69) is 10.6 Å². The number of alkyl carbamates (subject to hydrolysis) is 1. The summed E-state index contributed by atoms with van der Waals surface area (Å²) in [5, 5.41) is 5.41. The van der Waals surface area contributed by atoms with Crippen molar-refractivity contribution in [2.45, 2.75) is 44.4 Å². The lowest BCUT2D eigenvalue weighted by Gasteiger charge is -2.36. The first kappa shape index (κ1) is 22.7. The number of rotatable bonds is 8. The van der Waals surface area contributed by atoms with Gasteiger partial charge in [-0.3, -0.25) is 14.4 Å². The number of halogens is 1. The molecule has 0 aliphatic heterocycles. The molecule has 1 aromatic rings. The molecule has 2 rings (SSSR count). The molecule has 0 spiro atoms. The normalized spacial score (nSPS) is 18.6. The third-order valence-electron chi connectivity index (χ3n) is 4.88. The Morgan fingerprint density at radius 3 is 2.59 bits per heavy atom. The molecule has 1 aliphatic rings. The van der Waals surface area contributed by atoms with E-state index < -0.39 is 24.3 Å². The van der Waals surface area contributed by atoms with Crippen LogP contribution in [0.15, 0.2) is 24.3 Å². The zero-order valence-electron chi connectivity index (χ0n) is 16.3. The summed E-state index contributed by atoms with van der Waals surface area (Å²) in [6, 6.07) is 7.10. The predicted octanol–water partition coefficient (Wildman–Crippen LogP) is 2.47. The highest BCUT2D eigenvalue weighted by molar-refractivity contribution is 6.31. The van der Waals surface area contributed by atoms with Gasteiger partial charge in [0, 0.05) is 24.4 Å². The first-order valence-corrected chi connectivity index (χ1v) is 9.88. The van der Waals surface area contributed by atoms with Gasteiger partial charge in [0.15, 0.2) is 0 Å². The lowest BCUT2D eigenvalue weighted by Crippen LogP contribution is -2.48. The number of carbonyl (C=O) groups is 4. The highest BCUT2D eigenvalue weighted by Gasteiger charge is 2.42. The van der Waals surface area contributed by atoms with Gasteiger partial charge in [0.25, 0.3) is 0 Å². The molecule has 0 radical (unpaired) electrons. The molecule has 0 heterocycles. The van der Waals surface area contributed by atoms with E-state index >= 15 is 0 Å². The minimum Gasteiger partial charge on any atom is -0.426 e. The molecule has 2 N–H and O–H groups in total. The van der Waals surface area contributed by atoms with Crippen LogP contribution in [0.3, 0.4) is 0 Å². The SMILES string of the molecule is CCC(=O)NCC(=O)OCOC(=O)NC[C@@]1(c2ccccc2Cl)CCCCC1=O. The Bertz CT molecular complexity index is 769. The maximum absolute atomic E-state index is 12.8. The van der Waals surface area contributed by atoms with Crippen LogP contribution in [0.5, 0.6) is 0 Å². The molecular formula is C20H25ClN2O6. The number of nitrogens with one attached hydrogen (secondary N) is 2. The van der Waals surface area contributed by atoms with Gasteiger partial charge in [0.05, 0.1) is 5.41 Å². The van der Waals surface area contributed by atoms with Gasteiger partial charge >= 0.3 is 12.1 Å². The quantitative estimate of drug-likeness (QED) is 0.490. The fourth-order valence-corrected chi connectivity index (χ4v) is 3.59. The van der Waals surface area contributed by atoms with E-state index in [-0.39, 0.29) is 31.2 Å². The second kappa shape index (κ2) is 10.8. The monoisotopic (exact) mass is 424 g/mol. The van der Waals surface area contributed by atoms with E-state index in [1.807, 2.05) is 0 Å². The number of esters is 1. The lowest BCUT2D eigenvalue weighted by molar-refractivity contribution is -0.151. The van der Waals surface area contributed by atoms with Gasteiger partial charge in [-0.2, -0.15) is 0 Å². The summed E-state index contributed by atoms with van der Waals surface area (Å²) in [6.45, 7) is 0.789. The molecule has 0 bridgehead atoms. The van der Waals surface area contributed by atoms with Crippen LogP contribution >= 0.6 is 11.6 Å². The van der Waals surface area contributed by atoms with E-state index in [4.69, 9.17) is 21.1 Å². The average Bonchev–Trinajstić information content (AvgIpc) is 2.72. The minimum absolute atomic E-state index is 0.0234. The van der Waals surface area contributed by atoms with Crippen LogP contribution in [0.4, 0.5) is 4.79 Å². The topological polar surface area (TPSA) is 111 Å². The largest absolute Gasteiger partial charge is 0.426 e. The second-order valence-corrected chi connectivity index (χ2v) is 7.15. The van der Waals surface area contributed by atoms with Gasteiger partial charge in [-0.25, -0.2) is 4.79 Å². The Morgan fingerprint density at radius 2 is 1.90 bits per heavy atom. The molecular weight excluding hydrogens is 400 g/mol. The van der Waals surface area contributed by atoms with Gasteiger partial charge in [-0.1, -0.05) is 43.1 Å². The van der Waals surface area contributed by atoms with E-state index in [1.54, 1.807) is 31.2 Å². The summed E-state index contributed by atoms with van der Waals surface area (Å²) in [5.41, 5.74) is -0.221. The molecule has 0 saturated heterocycles. The van der Waals surface area contributed by atoms with Crippen LogP contribution in [-0.2, 0) is 29.3 Å². The van der Waals surface area contributed by atoms with Crippen molar-refractivity contribution in [3.05, 3.63) is 34.9 Å². The third-order valence-corrected chi connectivity index (χ3v) is 5.21. The van der Waals surface area contributed by atoms with E-state index in [0.29, 0.717) is 23.4 Å². The van der Waals surface area contributed by atoms with E-state index in [0.717, 1.165) is 12.8 Å². The molecule has 0 unspecified atom stereocenters. The van der Waals surface area contributed by atoms with E-state index in [1.165, 1.54) is 0 Å². The highest BCUT2D eigenvalue weighted by atomic mass is 35.5. The summed E-state index contributed by atoms with van der Waals surface area (Å²) in [4.78, 5) is 47.3. The van der Waals surface area contributed by atoms with Crippen molar-refractivity contribution in [3.8, 4) is 0 Å². The van der Waals surface area contributed by atoms with Crippen molar-refractivity contribution in [2.75, 3.05) is 19.9 Å². The van der Waals surface area contributed by atoms with Gasteiger partial charge < -0.3 is 20.1 Å². The average molecular weight is 425 g/mol. The number of benzene rings is 1. The van der Waals surface area contributed by atoms with Crippen molar-refractivity contribution in [1.82, 2.24) is 10.6 Å². The maximum atomic E-state index is 12.8. The number of hydrogen-bond acceptors (Lipinski definition) is 6. The van der Waals surface area contributed by atoms with Gasteiger partial charge in [-0.05, 0) is 24.5 Å². The summed E-state index contributed by atoms with van der Waals surface area (Å²) >= 11 is 6.33. The van der Waals surface area contributed by atoms with Gasteiger partial charge in [0.1, 0.15) is 12.3 Å². The summed E-state index contributed by atoms with van der Waals surface area (Å²) in [5.74, 6) is -0.993. The Hall–Kier alpha value is -2.61. The second-order valence-electron chi connectivity index (χ2n) is 6.74. The molecule has 1 saturated carbocycles. The number of hydrogen-bond donors (Lipinski definition) is 2. The number of amides is 2. The minimum atomic E-state index is -0.906. The highest BCUT2D eigenvalue weighted by Crippen LogP contribution is 2.39. The molecule has 158 valence electrons. The molecule has 1 atom stereocenters. The fourth-order valence-electron chi connectivity index (χ4n) is 3.28. The zero-order valence-corrected chi connectivity index (χ0v) is 17.0. The summed E-state index contributed by atoms with van der Waals surface area (Å²) in [7, 11) is 0. The summed E-state index contributed by atoms with van der Waals surface area (Å²) < 4.78 is 9.56. The molecule has 0 aromatic heterocycles. The van der Waals surface area contributed by atoms with E-state index in [9.17, 15) is 19.2 Å². The summed E-state index contributed by atoms with van der Waals surface area (Å²) in [6.07, 6.45) is 2.07. The van der Waals surface area contributed by atoms with Crippen molar-refractivity contribution < 1.29 is 28.7 Å². The first-order chi connectivity index (χ1) is 13.9. The maximum Gasteiger partial charge on any atom is 0.410 e. The number of carbonyl (C=O) groups excluding carboxylic acids is 4. The van der Waals surface area contributed by atoms with Gasteiger partial charge in [-0.15, -0.1) is 0 Å². The van der Waals surface area contributed by atoms with Crippen LogP contribution < -0.4 is 10.6 Å².